The van der Waals surface area contributed by atoms with E-state index in [2.05, 4.69) is 21.0 Å². The summed E-state index contributed by atoms with van der Waals surface area (Å²) in [6, 6.07) is 7.96. The fourth-order valence-electron chi connectivity index (χ4n) is 3.78. The number of nitrogens with zero attached hydrogens (tertiary/aromatic N) is 3. The summed E-state index contributed by atoms with van der Waals surface area (Å²) in [5.74, 6) is 0.968. The Morgan fingerprint density at radius 1 is 1.16 bits per heavy atom. The highest BCUT2D eigenvalue weighted by Gasteiger charge is 2.41. The van der Waals surface area contributed by atoms with Crippen LogP contribution in [0.3, 0.4) is 0 Å². The third-order valence-electron chi connectivity index (χ3n) is 5.52. The van der Waals surface area contributed by atoms with Gasteiger partial charge in [-0.15, -0.1) is 0 Å². The van der Waals surface area contributed by atoms with E-state index in [0.717, 1.165) is 17.9 Å². The third-order valence-corrected chi connectivity index (χ3v) is 5.52. The molecule has 2 unspecified atom stereocenters. The normalized spacial score (nSPS) is 22.0. The number of hydrogen-bond donors (Lipinski definition) is 2. The van der Waals surface area contributed by atoms with Crippen LogP contribution in [-0.2, 0) is 11.0 Å². The minimum absolute atomic E-state index is 0.0459. The molecule has 3 aromatic rings. The predicted molar refractivity (Wildman–Crippen MR) is 100 cm³/mol. The number of hydrazine groups is 1. The molecule has 0 saturated carbocycles. The number of carbonyl (C=O) groups excluding carboxylic acids is 1. The van der Waals surface area contributed by atoms with Crippen molar-refractivity contribution in [1.82, 2.24) is 25.9 Å². The summed E-state index contributed by atoms with van der Waals surface area (Å²) in [7, 11) is 0. The number of likely N-dealkylation sites (tertiary alicyclic amines) is 1. The highest BCUT2D eigenvalue weighted by atomic mass is 19.4. The second-order valence-corrected chi connectivity index (χ2v) is 7.62. The summed E-state index contributed by atoms with van der Waals surface area (Å²) < 4.78 is 49.4. The number of aromatic nitrogens is 2. The molecule has 1 aromatic carbocycles. The Morgan fingerprint density at radius 3 is 2.74 bits per heavy atom. The van der Waals surface area contributed by atoms with E-state index in [0.29, 0.717) is 25.4 Å². The Bertz CT molecular complexity index is 1080. The van der Waals surface area contributed by atoms with E-state index >= 15 is 0 Å². The minimum Gasteiger partial charge on any atom is -0.468 e. The standard InChI is InChI=1S/C20H18F3N5O3/c21-20(22,23)13-4-1-3-11(7-13)17-24-18(31-27-17)12-9-28(10-12)19(29)15-8-14(25-26-15)16-5-2-6-30-16/h1-7,12,14-15,25-26H,8-10H2. The first-order valence-electron chi connectivity index (χ1n) is 9.73. The van der Waals surface area contributed by atoms with Gasteiger partial charge < -0.3 is 13.8 Å². The molecule has 0 radical (unpaired) electrons. The van der Waals surface area contributed by atoms with Crippen molar-refractivity contribution < 1.29 is 26.9 Å². The van der Waals surface area contributed by atoms with Gasteiger partial charge in [-0.1, -0.05) is 17.3 Å². The van der Waals surface area contributed by atoms with Gasteiger partial charge in [-0.05, 0) is 30.7 Å². The lowest BCUT2D eigenvalue weighted by molar-refractivity contribution is -0.138. The molecular formula is C20H18F3N5O3. The fraction of sp³-hybridized carbons (Fsp3) is 0.350. The molecule has 31 heavy (non-hydrogen) atoms. The van der Waals surface area contributed by atoms with Crippen LogP contribution >= 0.6 is 0 Å². The van der Waals surface area contributed by atoms with Crippen LogP contribution in [0.1, 0.15) is 35.6 Å². The molecule has 2 atom stereocenters. The summed E-state index contributed by atoms with van der Waals surface area (Å²) in [5, 5.41) is 3.81. The van der Waals surface area contributed by atoms with Gasteiger partial charge in [0.2, 0.25) is 17.6 Å². The van der Waals surface area contributed by atoms with E-state index in [4.69, 9.17) is 8.94 Å². The maximum Gasteiger partial charge on any atom is 0.416 e. The maximum atomic E-state index is 12.9. The average Bonchev–Trinajstić information content (AvgIpc) is 3.46. The molecule has 5 rings (SSSR count). The topological polar surface area (TPSA) is 96.4 Å². The molecule has 11 heteroatoms. The van der Waals surface area contributed by atoms with Crippen molar-refractivity contribution in [3.8, 4) is 11.4 Å². The zero-order valence-electron chi connectivity index (χ0n) is 16.1. The number of furan rings is 1. The van der Waals surface area contributed by atoms with Gasteiger partial charge in [-0.3, -0.25) is 4.79 Å². The van der Waals surface area contributed by atoms with Gasteiger partial charge >= 0.3 is 6.18 Å². The predicted octanol–water partition coefficient (Wildman–Crippen LogP) is 2.88. The van der Waals surface area contributed by atoms with Gasteiger partial charge in [0.15, 0.2) is 0 Å². The molecule has 2 saturated heterocycles. The van der Waals surface area contributed by atoms with Crippen molar-refractivity contribution in [3.05, 3.63) is 59.9 Å². The van der Waals surface area contributed by atoms with Gasteiger partial charge in [-0.2, -0.15) is 18.2 Å². The number of hydrogen-bond acceptors (Lipinski definition) is 7. The van der Waals surface area contributed by atoms with E-state index in [-0.39, 0.29) is 35.3 Å². The SMILES string of the molecule is O=C(C1CC(c2ccco2)NN1)N1CC(c2nc(-c3cccc(C(F)(F)F)c3)no2)C1. The van der Waals surface area contributed by atoms with Gasteiger partial charge in [0.25, 0.3) is 0 Å². The van der Waals surface area contributed by atoms with E-state index in [1.807, 2.05) is 6.07 Å². The smallest absolute Gasteiger partial charge is 0.416 e. The molecule has 8 nitrogen and oxygen atoms in total. The highest BCUT2D eigenvalue weighted by Crippen LogP contribution is 2.33. The number of amides is 1. The first-order valence-corrected chi connectivity index (χ1v) is 9.73. The lowest BCUT2D eigenvalue weighted by Crippen LogP contribution is -2.54. The van der Waals surface area contributed by atoms with Crippen LogP contribution in [0.5, 0.6) is 0 Å². The molecule has 4 heterocycles. The van der Waals surface area contributed by atoms with Crippen LogP contribution in [0.4, 0.5) is 13.2 Å². The van der Waals surface area contributed by atoms with Gasteiger partial charge in [-0.25, -0.2) is 10.9 Å². The van der Waals surface area contributed by atoms with Gasteiger partial charge in [0.05, 0.1) is 23.8 Å². The Kier molecular flexibility index (Phi) is 4.78. The monoisotopic (exact) mass is 433 g/mol. The Hall–Kier alpha value is -3.18. The van der Waals surface area contributed by atoms with Crippen molar-refractivity contribution in [3.63, 3.8) is 0 Å². The van der Waals surface area contributed by atoms with Crippen molar-refractivity contribution in [2.45, 2.75) is 30.6 Å². The molecule has 2 aromatic heterocycles. The largest absolute Gasteiger partial charge is 0.468 e. The molecule has 0 bridgehead atoms. The number of alkyl halides is 3. The molecule has 2 aliphatic rings. The second-order valence-electron chi connectivity index (χ2n) is 7.62. The first kappa shape index (κ1) is 19.8. The molecular weight excluding hydrogens is 415 g/mol. The fourth-order valence-corrected chi connectivity index (χ4v) is 3.78. The van der Waals surface area contributed by atoms with Crippen LogP contribution in [0.25, 0.3) is 11.4 Å². The molecule has 162 valence electrons. The molecule has 2 N–H and O–H groups in total. The summed E-state index contributed by atoms with van der Waals surface area (Å²) in [6.07, 6.45) is -2.30. The number of rotatable bonds is 4. The number of halogens is 3. The molecule has 2 fully saturated rings. The average molecular weight is 433 g/mol. The van der Waals surface area contributed by atoms with Crippen LogP contribution in [0.15, 0.2) is 51.6 Å². The summed E-state index contributed by atoms with van der Waals surface area (Å²) in [6.45, 7) is 0.819. The lowest BCUT2D eigenvalue weighted by Gasteiger charge is -2.38. The summed E-state index contributed by atoms with van der Waals surface area (Å²) in [4.78, 5) is 18.6. The molecule has 2 aliphatic heterocycles. The van der Waals surface area contributed by atoms with Crippen LogP contribution in [-0.4, -0.2) is 40.1 Å². The highest BCUT2D eigenvalue weighted by molar-refractivity contribution is 5.83. The zero-order valence-corrected chi connectivity index (χ0v) is 16.1. The Labute approximate surface area is 174 Å². The molecule has 1 amide bonds. The first-order chi connectivity index (χ1) is 14.9. The lowest BCUT2D eigenvalue weighted by atomic mass is 9.97. The van der Waals surface area contributed by atoms with Crippen LogP contribution < -0.4 is 10.9 Å². The minimum atomic E-state index is -4.45. The van der Waals surface area contributed by atoms with Crippen molar-refractivity contribution >= 4 is 5.91 Å². The maximum absolute atomic E-state index is 12.9. The Morgan fingerprint density at radius 2 is 2.00 bits per heavy atom. The molecule has 0 aliphatic carbocycles. The second kappa shape index (κ2) is 7.50. The quantitative estimate of drug-likeness (QED) is 0.653. The van der Waals surface area contributed by atoms with Gasteiger partial charge in [0.1, 0.15) is 11.8 Å². The number of nitrogens with one attached hydrogen (secondary N) is 2. The Balaban J connectivity index is 1.19. The van der Waals surface area contributed by atoms with Crippen molar-refractivity contribution in [2.24, 2.45) is 0 Å². The number of benzene rings is 1. The van der Waals surface area contributed by atoms with Crippen molar-refractivity contribution in [1.29, 1.82) is 0 Å². The van der Waals surface area contributed by atoms with E-state index < -0.39 is 11.7 Å². The number of carbonyl (C=O) groups is 1. The van der Waals surface area contributed by atoms with E-state index in [9.17, 15) is 18.0 Å². The van der Waals surface area contributed by atoms with E-state index in [1.165, 1.54) is 12.1 Å². The van der Waals surface area contributed by atoms with E-state index in [1.54, 1.807) is 17.2 Å². The zero-order chi connectivity index (χ0) is 21.6. The molecule has 0 spiro atoms. The summed E-state index contributed by atoms with van der Waals surface area (Å²) in [5.41, 5.74) is 5.51. The summed E-state index contributed by atoms with van der Waals surface area (Å²) >= 11 is 0. The third kappa shape index (κ3) is 3.81. The van der Waals surface area contributed by atoms with Crippen molar-refractivity contribution in [2.75, 3.05) is 13.1 Å². The van der Waals surface area contributed by atoms with Gasteiger partial charge in [0, 0.05) is 18.7 Å². The van der Waals surface area contributed by atoms with Crippen LogP contribution in [0, 0.1) is 0 Å². The van der Waals surface area contributed by atoms with Crippen LogP contribution in [0.2, 0.25) is 0 Å².